The van der Waals surface area contributed by atoms with Gasteiger partial charge in [-0.05, 0) is 30.3 Å². The molecule has 2 aromatic carbocycles. The Balaban J connectivity index is 1.68. The molecule has 1 amide bonds. The van der Waals surface area contributed by atoms with Gasteiger partial charge < -0.3 is 9.73 Å². The lowest BCUT2D eigenvalue weighted by molar-refractivity contribution is 0.0947. The third-order valence-corrected chi connectivity index (χ3v) is 3.48. The molecule has 0 fully saturated rings. The van der Waals surface area contributed by atoms with Crippen molar-refractivity contribution in [3.63, 3.8) is 0 Å². The molecular weight excluding hydrogens is 340 g/mol. The quantitative estimate of drug-likeness (QED) is 0.781. The van der Waals surface area contributed by atoms with Gasteiger partial charge in [0.25, 0.3) is 5.91 Å². The van der Waals surface area contributed by atoms with Crippen LogP contribution in [0.4, 0.5) is 8.78 Å². The van der Waals surface area contributed by atoms with E-state index in [1.54, 1.807) is 24.3 Å². The van der Waals surface area contributed by atoms with Gasteiger partial charge in [-0.25, -0.2) is 8.78 Å². The number of nitrogens with zero attached hydrogens (tertiary/aromatic N) is 2. The number of hydrogen-bond donors (Lipinski definition) is 1. The minimum atomic E-state index is -1.10. The molecule has 1 heterocycles. The second kappa shape index (κ2) is 6.76. The van der Waals surface area contributed by atoms with E-state index in [0.717, 1.165) is 12.1 Å². The van der Waals surface area contributed by atoms with Crippen molar-refractivity contribution in [1.82, 2.24) is 15.5 Å². The molecule has 0 spiro atoms. The van der Waals surface area contributed by atoms with Gasteiger partial charge in [0.15, 0.2) is 11.6 Å². The summed E-state index contributed by atoms with van der Waals surface area (Å²) in [4.78, 5) is 11.9. The second-order valence-corrected chi connectivity index (χ2v) is 5.20. The standard InChI is InChI=1S/C16H10ClF2N3O2/c17-11-4-2-1-3-10(11)16-22-21-14(24-16)8-20-15(23)9-5-6-12(18)13(19)7-9/h1-7H,8H2,(H,20,23). The zero-order chi connectivity index (χ0) is 17.1. The van der Waals surface area contributed by atoms with E-state index in [-0.39, 0.29) is 23.9 Å². The van der Waals surface area contributed by atoms with Crippen LogP contribution in [-0.2, 0) is 6.54 Å². The van der Waals surface area contributed by atoms with Gasteiger partial charge in [-0.2, -0.15) is 0 Å². The van der Waals surface area contributed by atoms with E-state index in [2.05, 4.69) is 15.5 Å². The summed E-state index contributed by atoms with van der Waals surface area (Å²) in [6.07, 6.45) is 0. The highest BCUT2D eigenvalue weighted by atomic mass is 35.5. The Kier molecular flexibility index (Phi) is 4.52. The SMILES string of the molecule is O=C(NCc1nnc(-c2ccccc2Cl)o1)c1ccc(F)c(F)c1. The summed E-state index contributed by atoms with van der Waals surface area (Å²) in [5.74, 6) is -2.33. The number of halogens is 3. The lowest BCUT2D eigenvalue weighted by Gasteiger charge is -2.03. The summed E-state index contributed by atoms with van der Waals surface area (Å²) < 4.78 is 31.4. The third kappa shape index (κ3) is 3.41. The van der Waals surface area contributed by atoms with Gasteiger partial charge in [-0.3, -0.25) is 4.79 Å². The highest BCUT2D eigenvalue weighted by Gasteiger charge is 2.14. The summed E-state index contributed by atoms with van der Waals surface area (Å²) in [6.45, 7) is -0.0602. The van der Waals surface area contributed by atoms with Gasteiger partial charge in [0, 0.05) is 5.56 Å². The average Bonchev–Trinajstić information content (AvgIpc) is 3.04. The first-order valence-electron chi connectivity index (χ1n) is 6.85. The molecule has 8 heteroatoms. The number of amides is 1. The van der Waals surface area contributed by atoms with Gasteiger partial charge in [-0.1, -0.05) is 23.7 Å². The number of benzene rings is 2. The van der Waals surface area contributed by atoms with Crippen LogP contribution < -0.4 is 5.32 Å². The molecule has 1 aromatic heterocycles. The van der Waals surface area contributed by atoms with Crippen LogP contribution in [0.3, 0.4) is 0 Å². The van der Waals surface area contributed by atoms with Crippen molar-refractivity contribution in [2.24, 2.45) is 0 Å². The zero-order valence-corrected chi connectivity index (χ0v) is 12.8. The molecule has 1 N–H and O–H groups in total. The van der Waals surface area contributed by atoms with Gasteiger partial charge in [-0.15, -0.1) is 10.2 Å². The van der Waals surface area contributed by atoms with E-state index < -0.39 is 17.5 Å². The van der Waals surface area contributed by atoms with Crippen LogP contribution in [-0.4, -0.2) is 16.1 Å². The van der Waals surface area contributed by atoms with Crippen LogP contribution >= 0.6 is 11.6 Å². The first-order chi connectivity index (χ1) is 11.5. The van der Waals surface area contributed by atoms with E-state index in [0.29, 0.717) is 10.6 Å². The van der Waals surface area contributed by atoms with Gasteiger partial charge in [0.1, 0.15) is 0 Å². The smallest absolute Gasteiger partial charge is 0.251 e. The molecule has 0 aliphatic rings. The topological polar surface area (TPSA) is 68.0 Å². The maximum atomic E-state index is 13.1. The number of aromatic nitrogens is 2. The van der Waals surface area contributed by atoms with E-state index in [4.69, 9.17) is 16.0 Å². The van der Waals surface area contributed by atoms with Crippen molar-refractivity contribution in [2.75, 3.05) is 0 Å². The highest BCUT2D eigenvalue weighted by molar-refractivity contribution is 6.33. The van der Waals surface area contributed by atoms with Crippen LogP contribution in [0, 0.1) is 11.6 Å². The summed E-state index contributed by atoms with van der Waals surface area (Å²) in [7, 11) is 0. The number of rotatable bonds is 4. The molecule has 5 nitrogen and oxygen atoms in total. The molecule has 122 valence electrons. The summed E-state index contributed by atoms with van der Waals surface area (Å²) in [6, 6.07) is 9.82. The molecule has 3 aromatic rings. The number of carbonyl (C=O) groups is 1. The van der Waals surface area contributed by atoms with Gasteiger partial charge >= 0.3 is 0 Å². The summed E-state index contributed by atoms with van der Waals surface area (Å²) >= 11 is 6.04. The van der Waals surface area contributed by atoms with Crippen molar-refractivity contribution in [3.8, 4) is 11.5 Å². The fourth-order valence-electron chi connectivity index (χ4n) is 1.96. The molecule has 0 bridgehead atoms. The van der Waals surface area contributed by atoms with Crippen molar-refractivity contribution in [2.45, 2.75) is 6.54 Å². The Morgan fingerprint density at radius 2 is 1.92 bits per heavy atom. The molecule has 0 saturated carbocycles. The molecule has 0 aliphatic carbocycles. The molecule has 0 saturated heterocycles. The van der Waals surface area contributed by atoms with Gasteiger partial charge in [0.05, 0.1) is 17.1 Å². The first kappa shape index (κ1) is 16.1. The molecule has 3 rings (SSSR count). The fourth-order valence-corrected chi connectivity index (χ4v) is 2.18. The Bertz CT molecular complexity index is 899. The number of hydrogen-bond acceptors (Lipinski definition) is 4. The Labute approximate surface area is 140 Å². The highest BCUT2D eigenvalue weighted by Crippen LogP contribution is 2.26. The van der Waals surface area contributed by atoms with Crippen LogP contribution in [0.25, 0.3) is 11.5 Å². The lowest BCUT2D eigenvalue weighted by Crippen LogP contribution is -2.23. The molecule has 0 unspecified atom stereocenters. The van der Waals surface area contributed by atoms with E-state index in [9.17, 15) is 13.6 Å². The second-order valence-electron chi connectivity index (χ2n) is 4.79. The number of carbonyl (C=O) groups excluding carboxylic acids is 1. The van der Waals surface area contributed by atoms with Crippen molar-refractivity contribution in [1.29, 1.82) is 0 Å². The van der Waals surface area contributed by atoms with E-state index >= 15 is 0 Å². The Morgan fingerprint density at radius 1 is 1.12 bits per heavy atom. The molecular formula is C16H10ClF2N3O2. The average molecular weight is 350 g/mol. The minimum absolute atomic E-state index is 0.0141. The summed E-state index contributed by atoms with van der Waals surface area (Å²) in [5.41, 5.74) is 0.560. The van der Waals surface area contributed by atoms with Crippen LogP contribution in [0.1, 0.15) is 16.2 Å². The van der Waals surface area contributed by atoms with Crippen LogP contribution in [0.15, 0.2) is 46.9 Å². The molecule has 0 radical (unpaired) electrons. The predicted molar refractivity (Wildman–Crippen MR) is 82.3 cm³/mol. The van der Waals surface area contributed by atoms with Crippen molar-refractivity contribution in [3.05, 3.63) is 70.6 Å². The normalized spacial score (nSPS) is 10.6. The van der Waals surface area contributed by atoms with Crippen molar-refractivity contribution < 1.29 is 18.0 Å². The lowest BCUT2D eigenvalue weighted by atomic mass is 10.2. The Morgan fingerprint density at radius 3 is 2.67 bits per heavy atom. The predicted octanol–water partition coefficient (Wildman–Crippen LogP) is 3.60. The van der Waals surface area contributed by atoms with Crippen molar-refractivity contribution >= 4 is 17.5 Å². The monoisotopic (exact) mass is 349 g/mol. The molecule has 24 heavy (non-hydrogen) atoms. The van der Waals surface area contributed by atoms with Crippen LogP contribution in [0.2, 0.25) is 5.02 Å². The third-order valence-electron chi connectivity index (χ3n) is 3.15. The van der Waals surface area contributed by atoms with E-state index in [1.165, 1.54) is 6.07 Å². The maximum Gasteiger partial charge on any atom is 0.251 e. The number of nitrogens with one attached hydrogen (secondary N) is 1. The largest absolute Gasteiger partial charge is 0.419 e. The Hall–Kier alpha value is -2.80. The summed E-state index contributed by atoms with van der Waals surface area (Å²) in [5, 5.41) is 10.6. The molecule has 0 atom stereocenters. The zero-order valence-electron chi connectivity index (χ0n) is 12.1. The maximum absolute atomic E-state index is 13.1. The molecule has 0 aliphatic heterocycles. The van der Waals surface area contributed by atoms with Crippen LogP contribution in [0.5, 0.6) is 0 Å². The van der Waals surface area contributed by atoms with E-state index in [1.807, 2.05) is 0 Å². The fraction of sp³-hybridized carbons (Fsp3) is 0.0625. The minimum Gasteiger partial charge on any atom is -0.419 e. The van der Waals surface area contributed by atoms with Gasteiger partial charge in [0.2, 0.25) is 11.8 Å². The first-order valence-corrected chi connectivity index (χ1v) is 7.23.